The third-order valence-electron chi connectivity index (χ3n) is 4.28. The van der Waals surface area contributed by atoms with Gasteiger partial charge >= 0.3 is 5.92 Å². The minimum atomic E-state index is -3.39. The first-order valence-electron chi connectivity index (χ1n) is 7.90. The molecule has 0 unspecified atom stereocenters. The van der Waals surface area contributed by atoms with Crippen molar-refractivity contribution in [3.8, 4) is 0 Å². The van der Waals surface area contributed by atoms with Crippen molar-refractivity contribution in [2.45, 2.75) is 19.4 Å². The van der Waals surface area contributed by atoms with Crippen LogP contribution in [-0.4, -0.2) is 30.4 Å². The Labute approximate surface area is 162 Å². The number of benzene rings is 2. The summed E-state index contributed by atoms with van der Waals surface area (Å²) in [5.74, 6) is -4.08. The average Bonchev–Trinajstić information content (AvgIpc) is 3.28. The summed E-state index contributed by atoms with van der Waals surface area (Å²) in [6.07, 6.45) is 0. The summed E-state index contributed by atoms with van der Waals surface area (Å²) in [5.41, 5.74) is 1.75. The molecule has 0 atom stereocenters. The van der Waals surface area contributed by atoms with E-state index in [9.17, 15) is 8.78 Å². The molecule has 0 amide bonds. The van der Waals surface area contributed by atoms with Gasteiger partial charge in [0.25, 0.3) is 0 Å². The predicted octanol–water partition coefficient (Wildman–Crippen LogP) is 4.35. The molecule has 4 aromatic rings. The normalized spacial score (nSPS) is 12.0. The van der Waals surface area contributed by atoms with Gasteiger partial charge in [0.05, 0.1) is 27.8 Å². The van der Waals surface area contributed by atoms with E-state index in [1.54, 1.807) is 22.9 Å². The second kappa shape index (κ2) is 6.54. The van der Waals surface area contributed by atoms with Crippen LogP contribution < -0.4 is 0 Å². The minimum Gasteiger partial charge on any atom is -0.260 e. The lowest BCUT2D eigenvalue weighted by Crippen LogP contribution is -2.17. The topological polar surface area (TPSA) is 72.3 Å². The number of hydrogen-bond donors (Lipinski definition) is 1. The number of rotatable bonds is 4. The third-order valence-corrected chi connectivity index (χ3v) is 5.13. The number of nitrogens with one attached hydrogen (secondary N) is 1. The fourth-order valence-electron chi connectivity index (χ4n) is 2.91. The number of fused-ring (bicyclic) bond motifs is 1. The smallest absolute Gasteiger partial charge is 0.260 e. The lowest BCUT2D eigenvalue weighted by atomic mass is 10.1. The Morgan fingerprint density at radius 2 is 2.00 bits per heavy atom. The molecule has 4 rings (SSSR count). The molecule has 10 heteroatoms. The molecule has 2 aromatic carbocycles. The lowest BCUT2D eigenvalue weighted by molar-refractivity contribution is 0.0330. The number of alkyl halides is 2. The van der Waals surface area contributed by atoms with E-state index in [0.717, 1.165) is 16.6 Å². The molecule has 0 spiro atoms. The summed E-state index contributed by atoms with van der Waals surface area (Å²) in [6.45, 7) is 2.11. The zero-order chi connectivity index (χ0) is 19.2. The molecule has 2 heterocycles. The first kappa shape index (κ1) is 17.8. The molecule has 0 fully saturated rings. The Kier molecular flexibility index (Phi) is 4.32. The van der Waals surface area contributed by atoms with Crippen molar-refractivity contribution in [3.05, 3.63) is 69.1 Å². The number of aryl methyl sites for hydroxylation is 1. The first-order chi connectivity index (χ1) is 12.9. The van der Waals surface area contributed by atoms with Crippen molar-refractivity contribution in [1.29, 1.82) is 0 Å². The number of halogens is 4. The molecule has 6 nitrogen and oxygen atoms in total. The van der Waals surface area contributed by atoms with Gasteiger partial charge in [0, 0.05) is 10.9 Å². The maximum Gasteiger partial charge on any atom is 0.335 e. The number of tetrazole rings is 1. The minimum absolute atomic E-state index is 0.255. The Bertz CT molecular complexity index is 1120. The largest absolute Gasteiger partial charge is 0.335 e. The molecule has 0 saturated carbocycles. The van der Waals surface area contributed by atoms with Crippen LogP contribution in [-0.2, 0) is 12.5 Å². The van der Waals surface area contributed by atoms with Crippen LogP contribution in [0.25, 0.3) is 10.9 Å². The van der Waals surface area contributed by atoms with Gasteiger partial charge in [0.1, 0.15) is 0 Å². The van der Waals surface area contributed by atoms with Crippen LogP contribution in [0.4, 0.5) is 8.78 Å². The van der Waals surface area contributed by atoms with Crippen molar-refractivity contribution in [3.63, 3.8) is 0 Å². The maximum atomic E-state index is 14.7. The molecule has 0 bridgehead atoms. The molecule has 0 aliphatic carbocycles. The van der Waals surface area contributed by atoms with Crippen molar-refractivity contribution in [1.82, 2.24) is 30.4 Å². The highest BCUT2D eigenvalue weighted by Gasteiger charge is 2.39. The molecular formula is C17H12Cl2F2N6. The summed E-state index contributed by atoms with van der Waals surface area (Å²) >= 11 is 12.3. The van der Waals surface area contributed by atoms with E-state index >= 15 is 0 Å². The van der Waals surface area contributed by atoms with Gasteiger partial charge in [-0.2, -0.15) is 19.1 Å². The Morgan fingerprint density at radius 3 is 2.74 bits per heavy atom. The molecule has 27 heavy (non-hydrogen) atoms. The number of aromatic nitrogens is 6. The summed E-state index contributed by atoms with van der Waals surface area (Å²) in [4.78, 5) is 0. The quantitative estimate of drug-likeness (QED) is 0.544. The van der Waals surface area contributed by atoms with Crippen LogP contribution in [0, 0.1) is 6.92 Å². The summed E-state index contributed by atoms with van der Waals surface area (Å²) < 4.78 is 31.0. The maximum absolute atomic E-state index is 14.7. The van der Waals surface area contributed by atoms with E-state index in [-0.39, 0.29) is 5.56 Å². The monoisotopic (exact) mass is 408 g/mol. The van der Waals surface area contributed by atoms with Crippen molar-refractivity contribution < 1.29 is 8.78 Å². The fourth-order valence-corrected chi connectivity index (χ4v) is 3.29. The van der Waals surface area contributed by atoms with E-state index in [4.69, 9.17) is 23.2 Å². The van der Waals surface area contributed by atoms with Crippen molar-refractivity contribution in [2.75, 3.05) is 0 Å². The highest BCUT2D eigenvalue weighted by Crippen LogP contribution is 2.35. The zero-order valence-corrected chi connectivity index (χ0v) is 15.4. The van der Waals surface area contributed by atoms with Crippen LogP contribution in [0.3, 0.4) is 0 Å². The third kappa shape index (κ3) is 3.04. The molecule has 2 aromatic heterocycles. The molecule has 1 N–H and O–H groups in total. The fraction of sp³-hybridized carbons (Fsp3) is 0.176. The second-order valence-corrected chi connectivity index (χ2v) is 6.78. The van der Waals surface area contributed by atoms with Crippen molar-refractivity contribution in [2.24, 2.45) is 0 Å². The predicted molar refractivity (Wildman–Crippen MR) is 97.2 cm³/mol. The van der Waals surface area contributed by atoms with Gasteiger partial charge in [0.2, 0.25) is 5.82 Å². The highest BCUT2D eigenvalue weighted by molar-refractivity contribution is 6.42. The Morgan fingerprint density at radius 1 is 1.19 bits per heavy atom. The van der Waals surface area contributed by atoms with Gasteiger partial charge in [-0.25, -0.2) is 0 Å². The second-order valence-electron chi connectivity index (χ2n) is 6.00. The molecule has 0 aliphatic heterocycles. The number of H-pyrrole nitrogens is 1. The van der Waals surface area contributed by atoms with Gasteiger partial charge in [-0.05, 0) is 29.8 Å². The summed E-state index contributed by atoms with van der Waals surface area (Å²) in [5, 5.41) is 18.1. The van der Waals surface area contributed by atoms with E-state index in [1.165, 1.54) is 12.1 Å². The van der Waals surface area contributed by atoms with Gasteiger partial charge in [-0.1, -0.05) is 47.5 Å². The van der Waals surface area contributed by atoms with Gasteiger partial charge in [-0.3, -0.25) is 4.68 Å². The molecular weight excluding hydrogens is 397 g/mol. The van der Waals surface area contributed by atoms with Gasteiger partial charge in [-0.15, -0.1) is 10.2 Å². The summed E-state index contributed by atoms with van der Waals surface area (Å²) in [6, 6.07) is 9.60. The molecule has 0 aliphatic rings. The zero-order valence-electron chi connectivity index (χ0n) is 13.9. The molecule has 0 saturated heterocycles. The van der Waals surface area contributed by atoms with Crippen LogP contribution in [0.2, 0.25) is 10.0 Å². The Hall–Kier alpha value is -2.58. The SMILES string of the molecule is Cc1nn(Cc2cccc(Cl)c2Cl)c2cc(C(F)(F)c3nn[nH]n3)ccc12. The molecule has 0 radical (unpaired) electrons. The lowest BCUT2D eigenvalue weighted by Gasteiger charge is -2.13. The van der Waals surface area contributed by atoms with Crippen LogP contribution in [0.15, 0.2) is 36.4 Å². The summed E-state index contributed by atoms with van der Waals surface area (Å²) in [7, 11) is 0. The van der Waals surface area contributed by atoms with E-state index in [2.05, 4.69) is 25.7 Å². The average molecular weight is 409 g/mol. The number of aromatic amines is 1. The van der Waals surface area contributed by atoms with Crippen LogP contribution in [0.1, 0.15) is 22.6 Å². The highest BCUT2D eigenvalue weighted by atomic mass is 35.5. The van der Waals surface area contributed by atoms with Gasteiger partial charge < -0.3 is 0 Å². The van der Waals surface area contributed by atoms with E-state index in [1.807, 2.05) is 13.0 Å². The van der Waals surface area contributed by atoms with Crippen LogP contribution in [0.5, 0.6) is 0 Å². The first-order valence-corrected chi connectivity index (χ1v) is 8.66. The standard InChI is InChI=1S/C17H12Cl2F2N6/c1-9-12-6-5-11(17(20,21)16-22-25-26-23-16)7-14(12)27(24-9)8-10-3-2-4-13(18)15(10)19/h2-7H,8H2,1H3,(H,22,23,25,26). The van der Waals surface area contributed by atoms with E-state index in [0.29, 0.717) is 22.1 Å². The van der Waals surface area contributed by atoms with E-state index < -0.39 is 11.7 Å². The Balaban J connectivity index is 1.82. The van der Waals surface area contributed by atoms with Crippen molar-refractivity contribution >= 4 is 34.1 Å². The molecule has 138 valence electrons. The van der Waals surface area contributed by atoms with Crippen LogP contribution >= 0.6 is 23.2 Å². The van der Waals surface area contributed by atoms with Gasteiger partial charge in [0.15, 0.2) is 0 Å². The number of nitrogens with zero attached hydrogens (tertiary/aromatic N) is 5. The number of hydrogen-bond acceptors (Lipinski definition) is 4.